The zero-order valence-electron chi connectivity index (χ0n) is 12.8. The number of aromatic hydroxyl groups is 1. The van der Waals surface area contributed by atoms with Gasteiger partial charge in [-0.2, -0.15) is 5.10 Å². The van der Waals surface area contributed by atoms with Gasteiger partial charge in [-0.15, -0.1) is 0 Å². The molecule has 122 valence electrons. The van der Waals surface area contributed by atoms with Crippen molar-refractivity contribution in [1.29, 1.82) is 0 Å². The monoisotopic (exact) mass is 323 g/mol. The van der Waals surface area contributed by atoms with E-state index in [1.165, 1.54) is 18.3 Å². The molecule has 2 atom stereocenters. The van der Waals surface area contributed by atoms with Crippen LogP contribution in [-0.2, 0) is 9.59 Å². The van der Waals surface area contributed by atoms with Crippen LogP contribution in [0.1, 0.15) is 17.0 Å². The number of phenols is 1. The maximum atomic E-state index is 12.4. The van der Waals surface area contributed by atoms with Gasteiger partial charge in [0.2, 0.25) is 5.91 Å². The molecular weight excluding hydrogens is 306 g/mol. The van der Waals surface area contributed by atoms with E-state index >= 15 is 0 Å². The smallest absolute Gasteiger partial charge is 0.253 e. The number of nitrogens with zero attached hydrogens (tertiary/aromatic N) is 1. The minimum Gasteiger partial charge on any atom is -0.508 e. The first-order valence-corrected chi connectivity index (χ1v) is 7.60. The number of phenolic OH excluding ortho intramolecular Hbond substituents is 1. The van der Waals surface area contributed by atoms with Crippen LogP contribution in [-0.4, -0.2) is 29.7 Å². The van der Waals surface area contributed by atoms with Gasteiger partial charge in [0, 0.05) is 12.5 Å². The second kappa shape index (κ2) is 6.95. The van der Waals surface area contributed by atoms with E-state index in [4.69, 9.17) is 0 Å². The van der Waals surface area contributed by atoms with Gasteiger partial charge >= 0.3 is 0 Å². The molecule has 0 saturated carbocycles. The maximum absolute atomic E-state index is 12.4. The van der Waals surface area contributed by atoms with Gasteiger partial charge in [-0.1, -0.05) is 30.3 Å². The van der Waals surface area contributed by atoms with Crippen molar-refractivity contribution in [2.75, 3.05) is 6.54 Å². The second-order valence-corrected chi connectivity index (χ2v) is 5.57. The van der Waals surface area contributed by atoms with Gasteiger partial charge in [0.15, 0.2) is 0 Å². The lowest BCUT2D eigenvalue weighted by atomic mass is 9.88. The normalized spacial score (nSPS) is 20.1. The third-order valence-electron chi connectivity index (χ3n) is 3.97. The van der Waals surface area contributed by atoms with E-state index in [-0.39, 0.29) is 17.6 Å². The number of amides is 2. The van der Waals surface area contributed by atoms with Gasteiger partial charge in [0.1, 0.15) is 11.7 Å². The Labute approximate surface area is 139 Å². The number of hydrogen-bond donors (Lipinski definition) is 3. The summed E-state index contributed by atoms with van der Waals surface area (Å²) >= 11 is 0. The fourth-order valence-corrected chi connectivity index (χ4v) is 2.73. The number of hydrogen-bond acceptors (Lipinski definition) is 4. The van der Waals surface area contributed by atoms with Crippen LogP contribution in [0.25, 0.3) is 0 Å². The third kappa shape index (κ3) is 3.43. The van der Waals surface area contributed by atoms with Crippen LogP contribution in [0.4, 0.5) is 0 Å². The largest absolute Gasteiger partial charge is 0.508 e. The Morgan fingerprint density at radius 3 is 2.58 bits per heavy atom. The molecule has 0 aliphatic carbocycles. The number of rotatable bonds is 4. The van der Waals surface area contributed by atoms with Crippen molar-refractivity contribution in [3.8, 4) is 5.75 Å². The average molecular weight is 323 g/mol. The van der Waals surface area contributed by atoms with Gasteiger partial charge < -0.3 is 10.4 Å². The molecule has 1 heterocycles. The molecule has 0 spiro atoms. The molecule has 1 saturated heterocycles. The van der Waals surface area contributed by atoms with Gasteiger partial charge in [-0.3, -0.25) is 9.59 Å². The molecule has 2 aromatic carbocycles. The highest BCUT2D eigenvalue weighted by Gasteiger charge is 2.40. The number of carbonyl (C=O) groups excluding carboxylic acids is 2. The average Bonchev–Trinajstić information content (AvgIpc) is 2.99. The zero-order valence-corrected chi connectivity index (χ0v) is 12.8. The summed E-state index contributed by atoms with van der Waals surface area (Å²) < 4.78 is 0. The molecule has 2 amide bonds. The summed E-state index contributed by atoms with van der Waals surface area (Å²) in [6.07, 6.45) is 1.46. The van der Waals surface area contributed by atoms with Crippen molar-refractivity contribution in [3.63, 3.8) is 0 Å². The molecule has 2 aromatic rings. The highest BCUT2D eigenvalue weighted by Crippen LogP contribution is 2.28. The van der Waals surface area contributed by atoms with Gasteiger partial charge in [-0.25, -0.2) is 5.43 Å². The van der Waals surface area contributed by atoms with Gasteiger partial charge in [-0.05, 0) is 35.4 Å². The molecule has 0 bridgehead atoms. The standard InChI is InChI=1S/C18H17N3O3/c22-14-8-6-12(7-9-14)10-20-21-18(24)16-15(11-19-17(16)23)13-4-2-1-3-5-13/h1-10,15-16,22H,11H2,(H,19,23)(H,21,24)/b20-10+/t15-,16+/m1/s1. The van der Waals surface area contributed by atoms with Crippen molar-refractivity contribution in [3.05, 3.63) is 65.7 Å². The van der Waals surface area contributed by atoms with Crippen LogP contribution in [0, 0.1) is 5.92 Å². The first-order valence-electron chi connectivity index (χ1n) is 7.60. The van der Waals surface area contributed by atoms with Crippen LogP contribution in [0.3, 0.4) is 0 Å². The minimum atomic E-state index is -0.802. The van der Waals surface area contributed by atoms with E-state index < -0.39 is 11.8 Å². The molecule has 3 N–H and O–H groups in total. The Kier molecular flexibility index (Phi) is 4.56. The highest BCUT2D eigenvalue weighted by atomic mass is 16.3. The SMILES string of the molecule is O=C1NC[C@H](c2ccccc2)[C@@H]1C(=O)N/N=C/c1ccc(O)cc1. The Balaban J connectivity index is 1.68. The number of carbonyl (C=O) groups is 2. The number of nitrogens with one attached hydrogen (secondary N) is 2. The summed E-state index contributed by atoms with van der Waals surface area (Å²) in [5.74, 6) is -1.58. The van der Waals surface area contributed by atoms with Crippen LogP contribution in [0.5, 0.6) is 5.75 Å². The molecule has 0 unspecified atom stereocenters. The van der Waals surface area contributed by atoms with Crippen molar-refractivity contribution in [1.82, 2.24) is 10.7 Å². The summed E-state index contributed by atoms with van der Waals surface area (Å²) in [5.41, 5.74) is 4.09. The van der Waals surface area contributed by atoms with Crippen molar-refractivity contribution in [2.45, 2.75) is 5.92 Å². The second-order valence-electron chi connectivity index (χ2n) is 5.57. The Morgan fingerprint density at radius 2 is 1.88 bits per heavy atom. The summed E-state index contributed by atoms with van der Waals surface area (Å²) in [5, 5.41) is 15.8. The quantitative estimate of drug-likeness (QED) is 0.451. The van der Waals surface area contributed by atoms with Crippen molar-refractivity contribution >= 4 is 18.0 Å². The molecule has 6 nitrogen and oxygen atoms in total. The minimum absolute atomic E-state index is 0.157. The van der Waals surface area contributed by atoms with Crippen LogP contribution in [0.15, 0.2) is 59.7 Å². The Hall–Kier alpha value is -3.15. The molecule has 0 aromatic heterocycles. The lowest BCUT2D eigenvalue weighted by molar-refractivity contribution is -0.133. The van der Waals surface area contributed by atoms with Crippen LogP contribution in [0.2, 0.25) is 0 Å². The lowest BCUT2D eigenvalue weighted by Gasteiger charge is -2.15. The predicted molar refractivity (Wildman–Crippen MR) is 89.5 cm³/mol. The van der Waals surface area contributed by atoms with E-state index in [1.807, 2.05) is 30.3 Å². The van der Waals surface area contributed by atoms with Crippen LogP contribution < -0.4 is 10.7 Å². The third-order valence-corrected chi connectivity index (χ3v) is 3.97. The molecule has 1 aliphatic rings. The van der Waals surface area contributed by atoms with E-state index in [0.29, 0.717) is 6.54 Å². The molecule has 6 heteroatoms. The maximum Gasteiger partial charge on any atom is 0.253 e. The fraction of sp³-hybridized carbons (Fsp3) is 0.167. The summed E-state index contributed by atoms with van der Waals surface area (Å²) in [4.78, 5) is 24.4. The van der Waals surface area contributed by atoms with Gasteiger partial charge in [0.25, 0.3) is 5.91 Å². The van der Waals surface area contributed by atoms with Crippen LogP contribution >= 0.6 is 0 Å². The summed E-state index contributed by atoms with van der Waals surface area (Å²) in [6, 6.07) is 15.9. The molecule has 1 aliphatic heterocycles. The Morgan fingerprint density at radius 1 is 1.17 bits per heavy atom. The fourth-order valence-electron chi connectivity index (χ4n) is 2.73. The highest BCUT2D eigenvalue weighted by molar-refractivity contribution is 6.03. The number of hydrazone groups is 1. The topological polar surface area (TPSA) is 90.8 Å². The van der Waals surface area contributed by atoms with E-state index in [2.05, 4.69) is 15.8 Å². The first-order chi connectivity index (χ1) is 11.6. The summed E-state index contributed by atoms with van der Waals surface area (Å²) in [7, 11) is 0. The number of benzene rings is 2. The van der Waals surface area contributed by atoms with Crippen molar-refractivity contribution < 1.29 is 14.7 Å². The Bertz CT molecular complexity index is 757. The predicted octanol–water partition coefficient (Wildman–Crippen LogP) is 1.37. The lowest BCUT2D eigenvalue weighted by Crippen LogP contribution is -2.34. The van der Waals surface area contributed by atoms with Crippen molar-refractivity contribution in [2.24, 2.45) is 11.0 Å². The molecule has 24 heavy (non-hydrogen) atoms. The zero-order chi connectivity index (χ0) is 16.9. The first kappa shape index (κ1) is 15.7. The van der Waals surface area contributed by atoms with E-state index in [0.717, 1.165) is 11.1 Å². The van der Waals surface area contributed by atoms with E-state index in [1.54, 1.807) is 12.1 Å². The molecular formula is C18H17N3O3. The molecule has 0 radical (unpaired) electrons. The summed E-state index contributed by atoms with van der Waals surface area (Å²) in [6.45, 7) is 0.433. The van der Waals surface area contributed by atoms with Gasteiger partial charge in [0.05, 0.1) is 6.21 Å². The molecule has 3 rings (SSSR count). The molecule has 1 fully saturated rings. The van der Waals surface area contributed by atoms with E-state index in [9.17, 15) is 14.7 Å².